The third kappa shape index (κ3) is 2.02. The van der Waals surface area contributed by atoms with E-state index >= 15 is 0 Å². The molecule has 0 spiro atoms. The quantitative estimate of drug-likeness (QED) is 0.777. The summed E-state index contributed by atoms with van der Waals surface area (Å²) in [5.41, 5.74) is 8.02. The molecule has 2 N–H and O–H groups in total. The molecule has 0 saturated heterocycles. The first-order valence-corrected chi connectivity index (χ1v) is 6.72. The van der Waals surface area contributed by atoms with Crippen molar-refractivity contribution < 1.29 is 4.74 Å². The Morgan fingerprint density at radius 1 is 1.26 bits per heavy atom. The Hall–Kier alpha value is -2.14. The first-order chi connectivity index (χ1) is 9.19. The van der Waals surface area contributed by atoms with Crippen LogP contribution in [0.25, 0.3) is 21.6 Å². The average Bonchev–Trinajstić information content (AvgIpc) is 2.87. The van der Waals surface area contributed by atoms with Crippen LogP contribution in [-0.4, -0.2) is 17.1 Å². The van der Waals surface area contributed by atoms with Crippen LogP contribution in [0.4, 0.5) is 5.82 Å². The maximum absolute atomic E-state index is 6.06. The Morgan fingerprint density at radius 2 is 2.11 bits per heavy atom. The van der Waals surface area contributed by atoms with E-state index in [1.54, 1.807) is 18.4 Å². The lowest BCUT2D eigenvalue weighted by Crippen LogP contribution is -1.98. The van der Waals surface area contributed by atoms with Crippen molar-refractivity contribution in [3.63, 3.8) is 0 Å². The van der Waals surface area contributed by atoms with Crippen LogP contribution in [0, 0.1) is 6.92 Å². The molecular weight excluding hydrogens is 258 g/mol. The summed E-state index contributed by atoms with van der Waals surface area (Å²) in [6.45, 7) is 2.01. The summed E-state index contributed by atoms with van der Waals surface area (Å²) in [6, 6.07) is 7.86. The molecule has 0 aliphatic carbocycles. The highest BCUT2D eigenvalue weighted by Gasteiger charge is 2.11. The third-order valence-corrected chi connectivity index (χ3v) is 3.90. The van der Waals surface area contributed by atoms with Crippen LogP contribution in [0.1, 0.15) is 5.56 Å². The van der Waals surface area contributed by atoms with Crippen LogP contribution >= 0.6 is 11.3 Å². The summed E-state index contributed by atoms with van der Waals surface area (Å²) < 4.78 is 5.18. The van der Waals surface area contributed by atoms with Crippen LogP contribution in [-0.2, 0) is 0 Å². The van der Waals surface area contributed by atoms with Crippen molar-refractivity contribution in [2.75, 3.05) is 12.8 Å². The average molecular weight is 271 g/mol. The van der Waals surface area contributed by atoms with Crippen molar-refractivity contribution in [1.29, 1.82) is 0 Å². The van der Waals surface area contributed by atoms with Gasteiger partial charge in [-0.3, -0.25) is 0 Å². The highest BCUT2D eigenvalue weighted by Crippen LogP contribution is 2.31. The van der Waals surface area contributed by atoms with Crippen molar-refractivity contribution in [2.45, 2.75) is 6.92 Å². The molecule has 3 aromatic rings. The van der Waals surface area contributed by atoms with E-state index in [4.69, 9.17) is 10.5 Å². The number of anilines is 1. The second-order valence-electron chi connectivity index (χ2n) is 4.25. The summed E-state index contributed by atoms with van der Waals surface area (Å²) in [5.74, 6) is 1.97. The predicted octanol–water partition coefficient (Wildman–Crippen LogP) is 3.26. The molecule has 0 amide bonds. The van der Waals surface area contributed by atoms with Crippen molar-refractivity contribution in [3.05, 3.63) is 35.2 Å². The summed E-state index contributed by atoms with van der Waals surface area (Å²) in [4.78, 5) is 9.93. The van der Waals surface area contributed by atoms with Crippen LogP contribution in [0.2, 0.25) is 0 Å². The van der Waals surface area contributed by atoms with Gasteiger partial charge in [-0.2, -0.15) is 0 Å². The molecule has 2 heterocycles. The molecule has 5 heteroatoms. The maximum atomic E-state index is 6.06. The molecule has 0 bridgehead atoms. The number of fused-ring (bicyclic) bond motifs is 1. The fourth-order valence-corrected chi connectivity index (χ4v) is 2.83. The van der Waals surface area contributed by atoms with Gasteiger partial charge in [0, 0.05) is 16.8 Å². The van der Waals surface area contributed by atoms with E-state index in [1.807, 2.05) is 36.6 Å². The molecule has 0 atom stereocenters. The molecule has 0 unspecified atom stereocenters. The van der Waals surface area contributed by atoms with Crippen LogP contribution in [0.3, 0.4) is 0 Å². The van der Waals surface area contributed by atoms with Crippen LogP contribution in [0.15, 0.2) is 29.6 Å². The number of aromatic nitrogens is 2. The van der Waals surface area contributed by atoms with Crippen LogP contribution < -0.4 is 10.5 Å². The van der Waals surface area contributed by atoms with Gasteiger partial charge in [-0.05, 0) is 18.6 Å². The molecule has 0 saturated carbocycles. The molecule has 0 radical (unpaired) electrons. The van der Waals surface area contributed by atoms with Gasteiger partial charge >= 0.3 is 0 Å². The number of thiophene rings is 1. The van der Waals surface area contributed by atoms with Gasteiger partial charge in [0.25, 0.3) is 0 Å². The summed E-state index contributed by atoms with van der Waals surface area (Å²) in [6.07, 6.45) is 0. The number of hydrogen-bond donors (Lipinski definition) is 1. The molecule has 1 aromatic carbocycles. The molecule has 19 heavy (non-hydrogen) atoms. The molecule has 4 nitrogen and oxygen atoms in total. The van der Waals surface area contributed by atoms with Gasteiger partial charge in [0.15, 0.2) is 5.82 Å². The van der Waals surface area contributed by atoms with E-state index in [-0.39, 0.29) is 0 Å². The van der Waals surface area contributed by atoms with Crippen molar-refractivity contribution in [2.24, 2.45) is 0 Å². The van der Waals surface area contributed by atoms with Crippen LogP contribution in [0.5, 0.6) is 5.75 Å². The standard InChI is InChI=1S/C14H13N3OS/c1-8-4-3-5-10-12(8)13(15)17-14(16-10)11-6-9(18-2)7-19-11/h3-7H,1-2H3,(H2,15,16,17). The summed E-state index contributed by atoms with van der Waals surface area (Å²) in [7, 11) is 1.64. The number of nitrogens with two attached hydrogens (primary N) is 1. The molecule has 2 aromatic heterocycles. The van der Waals surface area contributed by atoms with Gasteiger partial charge in [0.1, 0.15) is 11.6 Å². The number of benzene rings is 1. The number of hydrogen-bond acceptors (Lipinski definition) is 5. The van der Waals surface area contributed by atoms with E-state index < -0.39 is 0 Å². The van der Waals surface area contributed by atoms with Gasteiger partial charge < -0.3 is 10.5 Å². The largest absolute Gasteiger partial charge is 0.496 e. The molecule has 3 rings (SSSR count). The molecule has 0 aliphatic rings. The van der Waals surface area contributed by atoms with Gasteiger partial charge in [-0.15, -0.1) is 11.3 Å². The smallest absolute Gasteiger partial charge is 0.172 e. The SMILES string of the molecule is COc1csc(-c2nc(N)c3c(C)cccc3n2)c1. The highest BCUT2D eigenvalue weighted by atomic mass is 32.1. The third-order valence-electron chi connectivity index (χ3n) is 2.99. The molecular formula is C14H13N3OS. The second kappa shape index (κ2) is 4.51. The predicted molar refractivity (Wildman–Crippen MR) is 78.6 cm³/mol. The van der Waals surface area contributed by atoms with Gasteiger partial charge in [0.2, 0.25) is 0 Å². The first-order valence-electron chi connectivity index (χ1n) is 5.85. The number of rotatable bonds is 2. The van der Waals surface area contributed by atoms with Gasteiger partial charge in [0.05, 0.1) is 17.5 Å². The number of nitrogen functional groups attached to an aromatic ring is 1. The minimum atomic E-state index is 0.519. The van der Waals surface area contributed by atoms with E-state index in [0.717, 1.165) is 27.1 Å². The normalized spacial score (nSPS) is 10.8. The first kappa shape index (κ1) is 11.9. The minimum Gasteiger partial charge on any atom is -0.496 e. The zero-order chi connectivity index (χ0) is 13.4. The Bertz CT molecular complexity index is 752. The highest BCUT2D eigenvalue weighted by molar-refractivity contribution is 7.13. The zero-order valence-corrected chi connectivity index (χ0v) is 11.5. The number of ether oxygens (including phenoxy) is 1. The van der Waals surface area contributed by atoms with E-state index in [1.165, 1.54) is 0 Å². The fraction of sp³-hybridized carbons (Fsp3) is 0.143. The molecule has 96 valence electrons. The zero-order valence-electron chi connectivity index (χ0n) is 10.7. The Balaban J connectivity index is 2.21. The molecule has 0 aliphatic heterocycles. The van der Waals surface area contributed by atoms with Crippen molar-refractivity contribution in [3.8, 4) is 16.5 Å². The number of nitrogens with zero attached hydrogens (tertiary/aromatic N) is 2. The minimum absolute atomic E-state index is 0.519. The Kier molecular flexibility index (Phi) is 2.83. The fourth-order valence-electron chi connectivity index (χ4n) is 2.04. The van der Waals surface area contributed by atoms with Gasteiger partial charge in [-0.1, -0.05) is 12.1 Å². The summed E-state index contributed by atoms with van der Waals surface area (Å²) in [5, 5.41) is 2.85. The number of methoxy groups -OCH3 is 1. The topological polar surface area (TPSA) is 61.0 Å². The number of aryl methyl sites for hydroxylation is 1. The lowest BCUT2D eigenvalue weighted by molar-refractivity contribution is 0.417. The van der Waals surface area contributed by atoms with Gasteiger partial charge in [-0.25, -0.2) is 9.97 Å². The second-order valence-corrected chi connectivity index (χ2v) is 5.16. The Morgan fingerprint density at radius 3 is 2.84 bits per heavy atom. The van der Waals surface area contributed by atoms with E-state index in [0.29, 0.717) is 11.6 Å². The van der Waals surface area contributed by atoms with Crippen molar-refractivity contribution in [1.82, 2.24) is 9.97 Å². The van der Waals surface area contributed by atoms with E-state index in [2.05, 4.69) is 9.97 Å². The maximum Gasteiger partial charge on any atom is 0.172 e. The monoisotopic (exact) mass is 271 g/mol. The van der Waals surface area contributed by atoms with E-state index in [9.17, 15) is 0 Å². The summed E-state index contributed by atoms with van der Waals surface area (Å²) >= 11 is 1.54. The lowest BCUT2D eigenvalue weighted by Gasteiger charge is -2.06. The lowest BCUT2D eigenvalue weighted by atomic mass is 10.1. The van der Waals surface area contributed by atoms with Crippen molar-refractivity contribution >= 4 is 28.1 Å². The Labute approximate surface area is 114 Å². The molecule has 0 fully saturated rings.